The minimum atomic E-state index is -0.885. The van der Waals surface area contributed by atoms with Crippen LogP contribution in [0.4, 0.5) is 11.4 Å². The highest BCUT2D eigenvalue weighted by atomic mass is 35.5. The summed E-state index contributed by atoms with van der Waals surface area (Å²) in [6, 6.07) is 18.2. The van der Waals surface area contributed by atoms with E-state index in [2.05, 4.69) is 5.32 Å². The Hall–Kier alpha value is -4.30. The molecule has 4 heterocycles. The van der Waals surface area contributed by atoms with Gasteiger partial charge in [-0.2, -0.15) is 0 Å². The number of hydrogen-bond acceptors (Lipinski definition) is 6. The van der Waals surface area contributed by atoms with Crippen LogP contribution in [-0.2, 0) is 14.4 Å². The molecule has 0 spiro atoms. The maximum absolute atomic E-state index is 14.0. The molecule has 9 heteroatoms. The van der Waals surface area contributed by atoms with Gasteiger partial charge < -0.3 is 19.7 Å². The second-order valence-corrected chi connectivity index (χ2v) is 10.1. The molecule has 4 aliphatic rings. The van der Waals surface area contributed by atoms with Gasteiger partial charge in [-0.15, -0.1) is 0 Å². The molecule has 3 aromatic rings. The molecular formula is C29H22ClN3O5. The van der Waals surface area contributed by atoms with Crippen LogP contribution in [0.15, 0.2) is 72.9 Å². The molecule has 3 aromatic carbocycles. The number of rotatable bonds is 3. The number of carbonyl (C=O) groups is 3. The van der Waals surface area contributed by atoms with E-state index in [0.29, 0.717) is 41.1 Å². The van der Waals surface area contributed by atoms with E-state index >= 15 is 0 Å². The Balaban J connectivity index is 1.30. The topological polar surface area (TPSA) is 88.2 Å². The van der Waals surface area contributed by atoms with E-state index in [0.717, 1.165) is 11.1 Å². The number of carbonyl (C=O) groups excluding carboxylic acids is 3. The Morgan fingerprint density at radius 2 is 1.63 bits per heavy atom. The molecular weight excluding hydrogens is 506 g/mol. The van der Waals surface area contributed by atoms with Crippen LogP contribution in [-0.4, -0.2) is 41.9 Å². The third kappa shape index (κ3) is 3.40. The molecule has 0 unspecified atom stereocenters. The van der Waals surface area contributed by atoms with E-state index in [9.17, 15) is 14.4 Å². The van der Waals surface area contributed by atoms with Crippen LogP contribution in [0.5, 0.6) is 11.5 Å². The molecule has 0 saturated carbocycles. The molecule has 38 heavy (non-hydrogen) atoms. The zero-order valence-corrected chi connectivity index (χ0v) is 20.8. The molecule has 0 aliphatic carbocycles. The van der Waals surface area contributed by atoms with Crippen LogP contribution >= 0.6 is 11.6 Å². The number of benzene rings is 3. The fourth-order valence-corrected chi connectivity index (χ4v) is 6.16. The molecule has 2 fully saturated rings. The van der Waals surface area contributed by atoms with Gasteiger partial charge in [-0.25, -0.2) is 4.90 Å². The van der Waals surface area contributed by atoms with Crippen LogP contribution in [0, 0.1) is 11.8 Å². The number of fused-ring (bicyclic) bond motifs is 6. The normalized spacial score (nSPS) is 24.7. The quantitative estimate of drug-likeness (QED) is 0.512. The van der Waals surface area contributed by atoms with E-state index in [1.54, 1.807) is 42.5 Å². The van der Waals surface area contributed by atoms with Gasteiger partial charge in [-0.3, -0.25) is 14.4 Å². The highest BCUT2D eigenvalue weighted by Gasteiger charge is 2.64. The first kappa shape index (κ1) is 22.9. The lowest BCUT2D eigenvalue weighted by molar-refractivity contribution is -0.128. The number of ether oxygens (including phenoxy) is 2. The number of nitrogens with zero attached hydrogens (tertiary/aromatic N) is 2. The van der Waals surface area contributed by atoms with Crippen molar-refractivity contribution < 1.29 is 23.9 Å². The van der Waals surface area contributed by atoms with Crippen molar-refractivity contribution in [2.75, 3.05) is 23.4 Å². The third-order valence-electron chi connectivity index (χ3n) is 7.63. The van der Waals surface area contributed by atoms with Crippen molar-refractivity contribution >= 4 is 46.8 Å². The number of nitrogens with one attached hydrogen (secondary N) is 1. The first-order chi connectivity index (χ1) is 18.5. The fourth-order valence-electron chi connectivity index (χ4n) is 6.03. The maximum atomic E-state index is 14.0. The zero-order chi connectivity index (χ0) is 26.0. The summed E-state index contributed by atoms with van der Waals surface area (Å²) in [4.78, 5) is 44.9. The van der Waals surface area contributed by atoms with Crippen molar-refractivity contribution in [2.24, 2.45) is 11.8 Å². The highest BCUT2D eigenvalue weighted by molar-refractivity contribution is 6.30. The van der Waals surface area contributed by atoms with Gasteiger partial charge in [-0.1, -0.05) is 35.9 Å². The van der Waals surface area contributed by atoms with Gasteiger partial charge >= 0.3 is 0 Å². The average Bonchev–Trinajstić information content (AvgIpc) is 3.42. The molecule has 2 saturated heterocycles. The Morgan fingerprint density at radius 1 is 0.895 bits per heavy atom. The van der Waals surface area contributed by atoms with Gasteiger partial charge in [0.1, 0.15) is 19.3 Å². The largest absolute Gasteiger partial charge is 0.486 e. The van der Waals surface area contributed by atoms with Crippen molar-refractivity contribution in [1.29, 1.82) is 0 Å². The second kappa shape index (κ2) is 8.63. The summed E-state index contributed by atoms with van der Waals surface area (Å²) in [6.45, 7) is 0.823. The summed E-state index contributed by atoms with van der Waals surface area (Å²) < 4.78 is 11.3. The summed E-state index contributed by atoms with van der Waals surface area (Å²) in [7, 11) is 0. The number of halogens is 1. The summed E-state index contributed by atoms with van der Waals surface area (Å²) in [6.07, 6.45) is 3.75. The van der Waals surface area contributed by atoms with E-state index in [1.165, 1.54) is 4.90 Å². The molecule has 1 N–H and O–H groups in total. The van der Waals surface area contributed by atoms with Gasteiger partial charge in [0.15, 0.2) is 11.5 Å². The van der Waals surface area contributed by atoms with Crippen molar-refractivity contribution in [1.82, 2.24) is 4.90 Å². The SMILES string of the molecule is O=C(Nc1ccc(Cl)cc1)[C@@H]1[C@@H]2C(=O)N(c3ccc4c(c3)OCCO4)C(=O)[C@@H]2[C@H]2c3ccccc3C=CN12. The summed E-state index contributed by atoms with van der Waals surface area (Å²) in [5, 5.41) is 3.47. The lowest BCUT2D eigenvalue weighted by Crippen LogP contribution is -2.46. The van der Waals surface area contributed by atoms with Gasteiger partial charge in [-0.05, 0) is 53.6 Å². The minimum Gasteiger partial charge on any atom is -0.486 e. The first-order valence-corrected chi connectivity index (χ1v) is 12.8. The van der Waals surface area contributed by atoms with E-state index in [4.69, 9.17) is 21.1 Å². The van der Waals surface area contributed by atoms with Crippen LogP contribution in [0.25, 0.3) is 6.08 Å². The second-order valence-electron chi connectivity index (χ2n) is 9.67. The van der Waals surface area contributed by atoms with Crippen LogP contribution in [0.2, 0.25) is 5.02 Å². The molecule has 0 aromatic heterocycles. The maximum Gasteiger partial charge on any atom is 0.247 e. The van der Waals surface area contributed by atoms with E-state index in [-0.39, 0.29) is 11.8 Å². The van der Waals surface area contributed by atoms with E-state index in [1.807, 2.05) is 41.4 Å². The summed E-state index contributed by atoms with van der Waals surface area (Å²) in [5.74, 6) is -1.66. The smallest absolute Gasteiger partial charge is 0.247 e. The standard InChI is InChI=1S/C29H22ClN3O5/c30-17-5-7-18(8-6-17)31-27(34)26-24-23(25-20-4-2-1-3-16(20)11-12-32(25)26)28(35)33(29(24)36)19-9-10-21-22(15-19)38-14-13-37-21/h1-12,15,23-26H,13-14H2,(H,31,34)/t23-,24+,25+,26-/m0/s1. The molecule has 0 bridgehead atoms. The zero-order valence-electron chi connectivity index (χ0n) is 20.0. The molecule has 0 radical (unpaired) electrons. The monoisotopic (exact) mass is 527 g/mol. The molecule has 3 amide bonds. The van der Waals surface area contributed by atoms with E-state index < -0.39 is 29.8 Å². The van der Waals surface area contributed by atoms with Gasteiger partial charge in [0.05, 0.1) is 23.6 Å². The number of imide groups is 1. The average molecular weight is 528 g/mol. The number of hydrogen-bond donors (Lipinski definition) is 1. The van der Waals surface area contributed by atoms with Crippen LogP contribution < -0.4 is 19.7 Å². The third-order valence-corrected chi connectivity index (χ3v) is 7.88. The molecule has 190 valence electrons. The molecule has 4 atom stereocenters. The van der Waals surface area contributed by atoms with Crippen molar-refractivity contribution in [3.63, 3.8) is 0 Å². The summed E-state index contributed by atoms with van der Waals surface area (Å²) in [5.41, 5.74) is 2.84. The van der Waals surface area contributed by atoms with Gasteiger partial charge in [0.25, 0.3) is 0 Å². The minimum absolute atomic E-state index is 0.335. The van der Waals surface area contributed by atoms with Crippen LogP contribution in [0.1, 0.15) is 17.2 Å². The predicted octanol–water partition coefficient (Wildman–Crippen LogP) is 4.27. The summed E-state index contributed by atoms with van der Waals surface area (Å²) >= 11 is 6.01. The fraction of sp³-hybridized carbons (Fsp3) is 0.207. The van der Waals surface area contributed by atoms with Crippen molar-refractivity contribution in [3.8, 4) is 11.5 Å². The van der Waals surface area contributed by atoms with Gasteiger partial charge in [0.2, 0.25) is 17.7 Å². The van der Waals surface area contributed by atoms with Gasteiger partial charge in [0, 0.05) is 23.0 Å². The Kier molecular flexibility index (Phi) is 5.19. The van der Waals surface area contributed by atoms with Crippen LogP contribution in [0.3, 0.4) is 0 Å². The lowest BCUT2D eigenvalue weighted by atomic mass is 9.84. The Morgan fingerprint density at radius 3 is 2.45 bits per heavy atom. The molecule has 7 rings (SSSR count). The highest BCUT2D eigenvalue weighted by Crippen LogP contribution is 2.53. The molecule has 8 nitrogen and oxygen atoms in total. The number of amides is 3. The predicted molar refractivity (Wildman–Crippen MR) is 141 cm³/mol. The first-order valence-electron chi connectivity index (χ1n) is 12.4. The molecule has 4 aliphatic heterocycles. The van der Waals surface area contributed by atoms with Crippen molar-refractivity contribution in [2.45, 2.75) is 12.1 Å². The Labute approximate surface area is 223 Å². The lowest BCUT2D eigenvalue weighted by Gasteiger charge is -2.35. The number of anilines is 2. The van der Waals surface area contributed by atoms with Crippen molar-refractivity contribution in [3.05, 3.63) is 89.1 Å². The Bertz CT molecular complexity index is 1520.